The first-order chi connectivity index (χ1) is 7.17. The first-order valence-corrected chi connectivity index (χ1v) is 6.01. The average Bonchev–Trinajstić information content (AvgIpc) is 2.27. The molecule has 1 aromatic carbocycles. The van der Waals surface area contributed by atoms with Crippen molar-refractivity contribution in [1.29, 1.82) is 0 Å². The fourth-order valence-corrected chi connectivity index (χ4v) is 2.08. The predicted octanol–water partition coefficient (Wildman–Crippen LogP) is 4.27. The van der Waals surface area contributed by atoms with Gasteiger partial charge in [0.2, 0.25) is 0 Å². The molecule has 0 radical (unpaired) electrons. The Morgan fingerprint density at radius 3 is 2.33 bits per heavy atom. The summed E-state index contributed by atoms with van der Waals surface area (Å²) in [6, 6.07) is 6.71. The van der Waals surface area contributed by atoms with E-state index >= 15 is 0 Å². The Morgan fingerprint density at radius 2 is 1.87 bits per heavy atom. The summed E-state index contributed by atoms with van der Waals surface area (Å²) in [7, 11) is 0. The lowest BCUT2D eigenvalue weighted by Crippen LogP contribution is -2.15. The van der Waals surface area contributed by atoms with Crippen LogP contribution in [0.4, 0.5) is 4.39 Å². The van der Waals surface area contributed by atoms with Gasteiger partial charge >= 0.3 is 0 Å². The molecule has 0 aromatic heterocycles. The van der Waals surface area contributed by atoms with Crippen molar-refractivity contribution in [3.05, 3.63) is 35.6 Å². The van der Waals surface area contributed by atoms with Crippen molar-refractivity contribution in [1.82, 2.24) is 0 Å². The highest BCUT2D eigenvalue weighted by molar-refractivity contribution is 6.18. The van der Waals surface area contributed by atoms with E-state index in [2.05, 4.69) is 13.8 Å². The number of hydrogen-bond acceptors (Lipinski definition) is 0. The topological polar surface area (TPSA) is 0 Å². The van der Waals surface area contributed by atoms with Crippen LogP contribution >= 0.6 is 11.6 Å². The SMILES string of the molecule is CCC(C)C(CCl)Cc1ccc(F)cc1. The van der Waals surface area contributed by atoms with Crippen molar-refractivity contribution >= 4 is 11.6 Å². The first kappa shape index (κ1) is 12.5. The minimum atomic E-state index is -0.176. The molecule has 2 unspecified atom stereocenters. The van der Waals surface area contributed by atoms with Crippen molar-refractivity contribution in [2.45, 2.75) is 26.7 Å². The molecule has 0 aliphatic heterocycles. The number of rotatable bonds is 5. The fraction of sp³-hybridized carbons (Fsp3) is 0.538. The maximum atomic E-state index is 12.7. The van der Waals surface area contributed by atoms with Gasteiger partial charge in [-0.15, -0.1) is 11.6 Å². The molecule has 0 aliphatic rings. The van der Waals surface area contributed by atoms with Gasteiger partial charge in [0.25, 0.3) is 0 Å². The molecule has 84 valence electrons. The Balaban J connectivity index is 2.62. The molecule has 1 rings (SSSR count). The van der Waals surface area contributed by atoms with Crippen LogP contribution in [0.5, 0.6) is 0 Å². The van der Waals surface area contributed by atoms with Gasteiger partial charge in [-0.05, 0) is 36.0 Å². The molecule has 2 heteroatoms. The van der Waals surface area contributed by atoms with E-state index in [9.17, 15) is 4.39 Å². The Hall–Kier alpha value is -0.560. The van der Waals surface area contributed by atoms with Crippen molar-refractivity contribution in [3.8, 4) is 0 Å². The Kier molecular flexibility index (Phi) is 5.10. The minimum Gasteiger partial charge on any atom is -0.207 e. The second kappa shape index (κ2) is 6.12. The summed E-state index contributed by atoms with van der Waals surface area (Å²) >= 11 is 5.95. The van der Waals surface area contributed by atoms with Gasteiger partial charge in [-0.1, -0.05) is 32.4 Å². The smallest absolute Gasteiger partial charge is 0.123 e. The van der Waals surface area contributed by atoms with Crippen molar-refractivity contribution in [3.63, 3.8) is 0 Å². The number of benzene rings is 1. The Morgan fingerprint density at radius 1 is 1.27 bits per heavy atom. The molecular weight excluding hydrogens is 211 g/mol. The van der Waals surface area contributed by atoms with Crippen LogP contribution < -0.4 is 0 Å². The van der Waals surface area contributed by atoms with Crippen molar-refractivity contribution in [2.24, 2.45) is 11.8 Å². The highest BCUT2D eigenvalue weighted by atomic mass is 35.5. The van der Waals surface area contributed by atoms with E-state index in [-0.39, 0.29) is 5.82 Å². The van der Waals surface area contributed by atoms with Crippen LogP contribution in [-0.2, 0) is 6.42 Å². The molecule has 0 saturated carbocycles. The number of halogens is 2. The predicted molar refractivity (Wildman–Crippen MR) is 63.8 cm³/mol. The van der Waals surface area contributed by atoms with Crippen LogP contribution in [0.25, 0.3) is 0 Å². The quantitative estimate of drug-likeness (QED) is 0.661. The number of alkyl halides is 1. The van der Waals surface area contributed by atoms with E-state index in [0.29, 0.717) is 17.7 Å². The van der Waals surface area contributed by atoms with Gasteiger partial charge in [-0.3, -0.25) is 0 Å². The van der Waals surface area contributed by atoms with Crippen LogP contribution in [0.1, 0.15) is 25.8 Å². The van der Waals surface area contributed by atoms with Crippen molar-refractivity contribution in [2.75, 3.05) is 5.88 Å². The van der Waals surface area contributed by atoms with E-state index in [1.165, 1.54) is 17.7 Å². The molecule has 0 bridgehead atoms. The number of hydrogen-bond donors (Lipinski definition) is 0. The standard InChI is InChI=1S/C13H18ClF/c1-3-10(2)12(9-14)8-11-4-6-13(15)7-5-11/h4-7,10,12H,3,8-9H2,1-2H3. The molecule has 0 nitrogen and oxygen atoms in total. The third-order valence-electron chi connectivity index (χ3n) is 3.06. The van der Waals surface area contributed by atoms with E-state index in [1.54, 1.807) is 0 Å². The second-order valence-electron chi connectivity index (χ2n) is 4.13. The first-order valence-electron chi connectivity index (χ1n) is 5.47. The van der Waals surface area contributed by atoms with Crippen LogP contribution in [0.3, 0.4) is 0 Å². The van der Waals surface area contributed by atoms with E-state index in [4.69, 9.17) is 11.6 Å². The average molecular weight is 229 g/mol. The molecule has 15 heavy (non-hydrogen) atoms. The van der Waals surface area contributed by atoms with Gasteiger partial charge in [0, 0.05) is 5.88 Å². The van der Waals surface area contributed by atoms with Crippen LogP contribution in [-0.4, -0.2) is 5.88 Å². The summed E-state index contributed by atoms with van der Waals surface area (Å²) < 4.78 is 12.7. The second-order valence-corrected chi connectivity index (χ2v) is 4.44. The van der Waals surface area contributed by atoms with E-state index < -0.39 is 0 Å². The third kappa shape index (κ3) is 3.83. The molecule has 0 saturated heterocycles. The molecule has 2 atom stereocenters. The lowest BCUT2D eigenvalue weighted by atomic mass is 9.88. The van der Waals surface area contributed by atoms with Gasteiger partial charge in [0.1, 0.15) is 5.82 Å². The van der Waals surface area contributed by atoms with Gasteiger partial charge in [-0.2, -0.15) is 0 Å². The fourth-order valence-electron chi connectivity index (χ4n) is 1.66. The van der Waals surface area contributed by atoms with E-state index in [1.807, 2.05) is 12.1 Å². The summed E-state index contributed by atoms with van der Waals surface area (Å²) in [5, 5.41) is 0. The molecule has 1 aromatic rings. The molecule has 0 spiro atoms. The summed E-state index contributed by atoms with van der Waals surface area (Å²) in [5.74, 6) is 1.60. The minimum absolute atomic E-state index is 0.176. The van der Waals surface area contributed by atoms with Gasteiger partial charge in [0.05, 0.1) is 0 Å². The summed E-state index contributed by atoms with van der Waals surface area (Å²) in [5.41, 5.74) is 1.17. The Bertz CT molecular complexity index is 281. The highest BCUT2D eigenvalue weighted by Crippen LogP contribution is 2.21. The van der Waals surface area contributed by atoms with Crippen molar-refractivity contribution < 1.29 is 4.39 Å². The van der Waals surface area contributed by atoms with Gasteiger partial charge in [-0.25, -0.2) is 4.39 Å². The summed E-state index contributed by atoms with van der Waals surface area (Å²) in [6.07, 6.45) is 2.08. The normalized spacial score (nSPS) is 14.9. The van der Waals surface area contributed by atoms with Crippen LogP contribution in [0.15, 0.2) is 24.3 Å². The Labute approximate surface area is 96.5 Å². The molecular formula is C13H18ClF. The summed E-state index contributed by atoms with van der Waals surface area (Å²) in [4.78, 5) is 0. The maximum Gasteiger partial charge on any atom is 0.123 e. The molecule has 0 aliphatic carbocycles. The molecule has 0 heterocycles. The van der Waals surface area contributed by atoms with Crippen LogP contribution in [0, 0.1) is 17.7 Å². The zero-order chi connectivity index (χ0) is 11.3. The monoisotopic (exact) mass is 228 g/mol. The summed E-state index contributed by atoms with van der Waals surface area (Å²) in [6.45, 7) is 4.39. The molecule has 0 N–H and O–H groups in total. The zero-order valence-corrected chi connectivity index (χ0v) is 10.1. The zero-order valence-electron chi connectivity index (χ0n) is 9.34. The van der Waals surface area contributed by atoms with Gasteiger partial charge < -0.3 is 0 Å². The largest absolute Gasteiger partial charge is 0.207 e. The van der Waals surface area contributed by atoms with Crippen LogP contribution in [0.2, 0.25) is 0 Å². The third-order valence-corrected chi connectivity index (χ3v) is 3.45. The molecule has 0 fully saturated rings. The lowest BCUT2D eigenvalue weighted by Gasteiger charge is -2.20. The lowest BCUT2D eigenvalue weighted by molar-refractivity contribution is 0.379. The van der Waals surface area contributed by atoms with E-state index in [0.717, 1.165) is 12.8 Å². The highest BCUT2D eigenvalue weighted by Gasteiger charge is 2.15. The maximum absolute atomic E-state index is 12.7. The molecule has 0 amide bonds. The van der Waals surface area contributed by atoms with Gasteiger partial charge in [0.15, 0.2) is 0 Å².